The van der Waals surface area contributed by atoms with E-state index in [1.54, 1.807) is 30.7 Å². The molecule has 1 N–H and O–H groups in total. The van der Waals surface area contributed by atoms with Crippen molar-refractivity contribution in [1.82, 2.24) is 25.2 Å². The fourth-order valence-corrected chi connectivity index (χ4v) is 4.40. The minimum absolute atomic E-state index is 0.112. The Morgan fingerprint density at radius 1 is 1.12 bits per heavy atom. The zero-order valence-corrected chi connectivity index (χ0v) is 20.0. The molecule has 0 bridgehead atoms. The lowest BCUT2D eigenvalue weighted by Crippen LogP contribution is -2.20. The van der Waals surface area contributed by atoms with Crippen LogP contribution < -0.4 is 14.9 Å². The first kappa shape index (κ1) is 22.1. The molecule has 1 aliphatic heterocycles. The van der Waals surface area contributed by atoms with Crippen molar-refractivity contribution >= 4 is 39.8 Å². The molecule has 0 saturated heterocycles. The Labute approximate surface area is 207 Å². The van der Waals surface area contributed by atoms with Gasteiger partial charge in [0.2, 0.25) is 6.79 Å². The molecular weight excluding hydrogens is 520 g/mol. The molecule has 170 valence electrons. The average Bonchev–Trinajstić information content (AvgIpc) is 3.50. The average molecular weight is 537 g/mol. The van der Waals surface area contributed by atoms with E-state index in [0.717, 1.165) is 21.3 Å². The molecule has 5 rings (SSSR count). The van der Waals surface area contributed by atoms with Crippen molar-refractivity contribution in [3.63, 3.8) is 0 Å². The van der Waals surface area contributed by atoms with Gasteiger partial charge in [-0.3, -0.25) is 14.3 Å². The van der Waals surface area contributed by atoms with Gasteiger partial charge < -0.3 is 9.47 Å². The van der Waals surface area contributed by atoms with Crippen LogP contribution in [0.3, 0.4) is 0 Å². The number of carbonyl (C=O) groups excluding carboxylic acids is 1. The molecule has 11 heteroatoms. The maximum Gasteiger partial charge on any atom is 0.250 e. The first-order valence-corrected chi connectivity index (χ1v) is 11.9. The van der Waals surface area contributed by atoms with E-state index in [9.17, 15) is 4.79 Å². The number of fused-ring (bicyclic) bond motifs is 1. The van der Waals surface area contributed by atoms with E-state index in [1.165, 1.54) is 11.8 Å². The van der Waals surface area contributed by atoms with E-state index in [2.05, 4.69) is 41.6 Å². The van der Waals surface area contributed by atoms with Gasteiger partial charge in [0.25, 0.3) is 5.91 Å². The number of hydrogen-bond acceptors (Lipinski definition) is 8. The highest BCUT2D eigenvalue weighted by Gasteiger charge is 2.18. The lowest BCUT2D eigenvalue weighted by molar-refractivity contribution is -0.118. The Hall–Kier alpha value is -3.70. The topological polar surface area (TPSA) is 104 Å². The maximum absolute atomic E-state index is 12.4. The number of amides is 1. The van der Waals surface area contributed by atoms with Gasteiger partial charge in [-0.2, -0.15) is 5.10 Å². The molecule has 2 aromatic carbocycles. The van der Waals surface area contributed by atoms with Crippen molar-refractivity contribution in [2.75, 3.05) is 12.5 Å². The number of aromatic nitrogens is 4. The molecule has 9 nitrogen and oxygen atoms in total. The summed E-state index contributed by atoms with van der Waals surface area (Å²) in [6.07, 6.45) is 4.95. The molecule has 0 atom stereocenters. The summed E-state index contributed by atoms with van der Waals surface area (Å²) in [7, 11) is 0. The van der Waals surface area contributed by atoms with Crippen LogP contribution in [0.5, 0.6) is 11.5 Å². The van der Waals surface area contributed by atoms with Crippen LogP contribution in [0, 0.1) is 0 Å². The summed E-state index contributed by atoms with van der Waals surface area (Å²) in [6, 6.07) is 17.1. The molecule has 1 amide bonds. The van der Waals surface area contributed by atoms with Gasteiger partial charge in [0.15, 0.2) is 22.5 Å². The minimum atomic E-state index is -0.272. The highest BCUT2D eigenvalue weighted by atomic mass is 79.9. The summed E-state index contributed by atoms with van der Waals surface area (Å²) in [5, 5.41) is 13.3. The van der Waals surface area contributed by atoms with E-state index in [0.29, 0.717) is 22.5 Å². The van der Waals surface area contributed by atoms with Crippen LogP contribution in [-0.4, -0.2) is 44.4 Å². The Morgan fingerprint density at radius 2 is 1.88 bits per heavy atom. The predicted octanol–water partition coefficient (Wildman–Crippen LogP) is 4.06. The number of hydrazone groups is 1. The molecule has 0 spiro atoms. The van der Waals surface area contributed by atoms with Crippen molar-refractivity contribution in [2.45, 2.75) is 5.16 Å². The number of benzene rings is 2. The smallest absolute Gasteiger partial charge is 0.250 e. The SMILES string of the molecule is O=C(CSc1nnc(-c2ccncc2)n1-c1ccccc1)N/N=C\c1cc2c(cc1Br)OCO2. The molecular formula is C23H17BrN6O3S. The summed E-state index contributed by atoms with van der Waals surface area (Å²) in [5.41, 5.74) is 5.07. The number of ether oxygens (including phenoxy) is 2. The van der Waals surface area contributed by atoms with Gasteiger partial charge in [-0.05, 0) is 52.3 Å². The molecule has 34 heavy (non-hydrogen) atoms. The molecule has 4 aromatic rings. The quantitative estimate of drug-likeness (QED) is 0.216. The molecule has 2 aromatic heterocycles. The number of para-hydroxylation sites is 1. The van der Waals surface area contributed by atoms with E-state index in [4.69, 9.17) is 9.47 Å². The molecule has 1 aliphatic rings. The first-order chi connectivity index (χ1) is 16.7. The van der Waals surface area contributed by atoms with Crippen LogP contribution in [0.15, 0.2) is 81.7 Å². The van der Waals surface area contributed by atoms with Crippen LogP contribution in [0.2, 0.25) is 0 Å². The fourth-order valence-electron chi connectivity index (χ4n) is 3.23. The van der Waals surface area contributed by atoms with Crippen molar-refractivity contribution in [3.05, 3.63) is 77.0 Å². The Balaban J connectivity index is 1.28. The summed E-state index contributed by atoms with van der Waals surface area (Å²) in [6.45, 7) is 0.187. The number of hydrogen-bond donors (Lipinski definition) is 1. The number of nitrogens with one attached hydrogen (secondary N) is 1. The zero-order chi connectivity index (χ0) is 23.3. The summed E-state index contributed by atoms with van der Waals surface area (Å²) < 4.78 is 13.4. The second kappa shape index (κ2) is 10.1. The minimum Gasteiger partial charge on any atom is -0.454 e. The molecule has 0 saturated carbocycles. The summed E-state index contributed by atoms with van der Waals surface area (Å²) >= 11 is 4.74. The number of thioether (sulfide) groups is 1. The second-order valence-electron chi connectivity index (χ2n) is 7.02. The molecule has 0 fully saturated rings. The molecule has 0 aliphatic carbocycles. The predicted molar refractivity (Wildman–Crippen MR) is 131 cm³/mol. The summed E-state index contributed by atoms with van der Waals surface area (Å²) in [4.78, 5) is 16.5. The van der Waals surface area contributed by atoms with E-state index < -0.39 is 0 Å². The van der Waals surface area contributed by atoms with E-state index in [1.807, 2.05) is 47.0 Å². The van der Waals surface area contributed by atoms with Crippen LogP contribution >= 0.6 is 27.7 Å². The Kier molecular flexibility index (Phi) is 6.54. The van der Waals surface area contributed by atoms with Crippen molar-refractivity contribution < 1.29 is 14.3 Å². The van der Waals surface area contributed by atoms with Crippen molar-refractivity contribution in [1.29, 1.82) is 0 Å². The third kappa shape index (κ3) is 4.80. The van der Waals surface area contributed by atoms with Crippen molar-refractivity contribution in [3.8, 4) is 28.6 Å². The third-order valence-electron chi connectivity index (χ3n) is 4.80. The standard InChI is InChI=1S/C23H17BrN6O3S/c24-18-11-20-19(32-14-33-20)10-16(18)12-26-27-21(31)13-34-23-29-28-22(15-6-8-25-9-7-15)30(23)17-4-2-1-3-5-17/h1-12H,13-14H2,(H,27,31)/b26-12-. The number of pyridine rings is 1. The zero-order valence-electron chi connectivity index (χ0n) is 17.6. The highest BCUT2D eigenvalue weighted by molar-refractivity contribution is 9.10. The van der Waals surface area contributed by atoms with E-state index in [-0.39, 0.29) is 18.5 Å². The van der Waals surface area contributed by atoms with Crippen LogP contribution in [-0.2, 0) is 4.79 Å². The molecule has 0 radical (unpaired) electrons. The van der Waals surface area contributed by atoms with Gasteiger partial charge in [-0.25, -0.2) is 5.43 Å². The van der Waals surface area contributed by atoms with Crippen molar-refractivity contribution in [2.24, 2.45) is 5.10 Å². The van der Waals surface area contributed by atoms with Crippen LogP contribution in [0.1, 0.15) is 5.56 Å². The van der Waals surface area contributed by atoms with Crippen LogP contribution in [0.4, 0.5) is 0 Å². The van der Waals surface area contributed by atoms with Gasteiger partial charge in [0.1, 0.15) is 0 Å². The van der Waals surface area contributed by atoms with Gasteiger partial charge >= 0.3 is 0 Å². The number of nitrogens with zero attached hydrogens (tertiary/aromatic N) is 5. The lowest BCUT2D eigenvalue weighted by atomic mass is 10.2. The Morgan fingerprint density at radius 3 is 2.68 bits per heavy atom. The summed E-state index contributed by atoms with van der Waals surface area (Å²) in [5.74, 6) is 1.81. The third-order valence-corrected chi connectivity index (χ3v) is 6.42. The maximum atomic E-state index is 12.4. The largest absolute Gasteiger partial charge is 0.454 e. The number of halogens is 1. The molecule has 0 unspecified atom stereocenters. The first-order valence-electron chi connectivity index (χ1n) is 10.1. The normalized spacial score (nSPS) is 12.3. The monoisotopic (exact) mass is 536 g/mol. The van der Waals surface area contributed by atoms with Gasteiger partial charge in [-0.15, -0.1) is 10.2 Å². The number of carbonyl (C=O) groups is 1. The van der Waals surface area contributed by atoms with Gasteiger partial charge in [0.05, 0.1) is 12.0 Å². The second-order valence-corrected chi connectivity index (χ2v) is 8.82. The van der Waals surface area contributed by atoms with E-state index >= 15 is 0 Å². The van der Waals surface area contributed by atoms with Gasteiger partial charge in [-0.1, -0.05) is 30.0 Å². The number of rotatable bonds is 7. The van der Waals surface area contributed by atoms with Gasteiger partial charge in [0, 0.05) is 33.7 Å². The lowest BCUT2D eigenvalue weighted by Gasteiger charge is -2.10. The Bertz CT molecular complexity index is 1350. The highest BCUT2D eigenvalue weighted by Crippen LogP contribution is 2.36. The molecule has 3 heterocycles. The fraction of sp³-hybridized carbons (Fsp3) is 0.0870. The van der Waals surface area contributed by atoms with Crippen LogP contribution in [0.25, 0.3) is 17.1 Å².